The number of rotatable bonds is 43. The van der Waals surface area contributed by atoms with E-state index in [9.17, 15) is 19.4 Å². The van der Waals surface area contributed by atoms with Crippen molar-refractivity contribution in [2.75, 3.05) is 40.9 Å². The van der Waals surface area contributed by atoms with Crippen molar-refractivity contribution in [2.24, 2.45) is 0 Å². The van der Waals surface area contributed by atoms with Crippen LogP contribution in [0.1, 0.15) is 200 Å². The Bertz CT molecular complexity index is 1140. The molecule has 0 fully saturated rings. The average Bonchev–Trinajstić information content (AvgIpc) is 3.19. The number of hydrogen-bond acceptors (Lipinski definition) is 6. The summed E-state index contributed by atoms with van der Waals surface area (Å²) >= 11 is 0. The van der Waals surface area contributed by atoms with Crippen LogP contribution in [0.2, 0.25) is 0 Å². The monoisotopic (exact) mass is 849 g/mol. The van der Waals surface area contributed by atoms with E-state index in [1.54, 1.807) is 6.08 Å². The molecule has 0 saturated heterocycles. The molecule has 0 radical (unpaired) electrons. The van der Waals surface area contributed by atoms with Gasteiger partial charge < -0.3 is 28.8 Å². The van der Waals surface area contributed by atoms with Gasteiger partial charge in [0, 0.05) is 6.42 Å². The number of quaternary nitrogens is 1. The molecular weight excluding hydrogens is 756 g/mol. The van der Waals surface area contributed by atoms with E-state index >= 15 is 0 Å². The first kappa shape index (κ1) is 57.2. The summed E-state index contributed by atoms with van der Waals surface area (Å²) in [7, 11) is 1.22. The molecule has 9 heteroatoms. The maximum Gasteiger partial charge on any atom is 0.268 e. The Kier molecular flexibility index (Phi) is 40.3. The number of allylic oxidation sites excluding steroid dienone is 9. The van der Waals surface area contributed by atoms with Gasteiger partial charge in [0.1, 0.15) is 13.2 Å². The van der Waals surface area contributed by atoms with E-state index in [-0.39, 0.29) is 12.5 Å². The van der Waals surface area contributed by atoms with Crippen LogP contribution in [0.15, 0.2) is 60.8 Å². The molecule has 0 aromatic carbocycles. The van der Waals surface area contributed by atoms with E-state index in [0.717, 1.165) is 70.6 Å². The van der Waals surface area contributed by atoms with Crippen molar-refractivity contribution in [3.8, 4) is 0 Å². The Morgan fingerprint density at radius 2 is 1.00 bits per heavy atom. The van der Waals surface area contributed by atoms with Crippen LogP contribution in [0, 0.1) is 0 Å². The Labute approximate surface area is 364 Å². The Balaban J connectivity index is 4.48. The maximum atomic E-state index is 12.9. The van der Waals surface area contributed by atoms with Gasteiger partial charge in [-0.05, 0) is 77.0 Å². The summed E-state index contributed by atoms with van der Waals surface area (Å²) in [6.45, 7) is 4.58. The topological polar surface area (TPSA) is 108 Å². The Morgan fingerprint density at radius 1 is 0.593 bits per heavy atom. The van der Waals surface area contributed by atoms with Crippen molar-refractivity contribution >= 4 is 13.7 Å². The lowest BCUT2D eigenvalue weighted by Gasteiger charge is -2.29. The van der Waals surface area contributed by atoms with Crippen LogP contribution in [0.4, 0.5) is 0 Å². The molecule has 0 aliphatic rings. The van der Waals surface area contributed by atoms with Gasteiger partial charge >= 0.3 is 0 Å². The van der Waals surface area contributed by atoms with Crippen LogP contribution in [0.3, 0.4) is 0 Å². The molecular formula is C50H93N2O6P. The zero-order valence-corrected chi connectivity index (χ0v) is 39.8. The molecule has 2 N–H and O–H groups in total. The standard InChI is InChI=1S/C50H93N2O6P/c1-6-8-10-12-14-16-18-20-22-24-25-26-27-28-29-31-33-35-37-39-41-43-49(53)48(47-58-59(55,56)57-46-45-52(3,4)5)51-50(54)44-42-40-38-36-34-32-30-23-21-19-17-15-13-11-9-7-2/h17,19,23,27-28,30,33,35,41,43,48-49,53H,6-16,18,20-22,24-26,29,31-32,34,36-40,42,44-47H2,1-5H3,(H-,51,54,55,56)/b19-17-,28-27+,30-23-,35-33+,43-41+. The number of aliphatic hydroxyl groups excluding tert-OH is 1. The highest BCUT2D eigenvalue weighted by molar-refractivity contribution is 7.45. The van der Waals surface area contributed by atoms with Crippen LogP contribution in [0.25, 0.3) is 0 Å². The first-order valence-corrected chi connectivity index (χ1v) is 25.6. The van der Waals surface area contributed by atoms with Crippen molar-refractivity contribution in [3.05, 3.63) is 60.8 Å². The van der Waals surface area contributed by atoms with Crippen LogP contribution in [0.5, 0.6) is 0 Å². The highest BCUT2D eigenvalue weighted by Crippen LogP contribution is 2.38. The molecule has 0 aromatic rings. The average molecular weight is 849 g/mol. The van der Waals surface area contributed by atoms with Crippen molar-refractivity contribution in [1.82, 2.24) is 5.32 Å². The third-order valence-corrected chi connectivity index (χ3v) is 11.4. The molecule has 59 heavy (non-hydrogen) atoms. The number of carbonyl (C=O) groups is 1. The molecule has 0 rings (SSSR count). The zero-order chi connectivity index (χ0) is 43.6. The lowest BCUT2D eigenvalue weighted by atomic mass is 10.1. The quantitative estimate of drug-likeness (QED) is 0.0274. The summed E-state index contributed by atoms with van der Waals surface area (Å²) in [6.07, 6.45) is 54.2. The van der Waals surface area contributed by atoms with Gasteiger partial charge in [-0.15, -0.1) is 0 Å². The number of phosphoric ester groups is 1. The van der Waals surface area contributed by atoms with Crippen molar-refractivity contribution < 1.29 is 32.9 Å². The number of likely N-dealkylation sites (N-methyl/N-ethyl adjacent to an activating group) is 1. The van der Waals surface area contributed by atoms with Crippen molar-refractivity contribution in [2.45, 2.75) is 212 Å². The lowest BCUT2D eigenvalue weighted by molar-refractivity contribution is -0.870. The summed E-state index contributed by atoms with van der Waals surface area (Å²) < 4.78 is 23.2. The van der Waals surface area contributed by atoms with Gasteiger partial charge in [0.25, 0.3) is 7.82 Å². The third kappa shape index (κ3) is 44.1. The molecule has 0 saturated carbocycles. The van der Waals surface area contributed by atoms with Crippen LogP contribution >= 0.6 is 7.82 Å². The second-order valence-corrected chi connectivity index (χ2v) is 18.8. The molecule has 0 spiro atoms. The fraction of sp³-hybridized carbons (Fsp3) is 0.780. The molecule has 3 unspecified atom stereocenters. The Morgan fingerprint density at radius 3 is 1.49 bits per heavy atom. The van der Waals surface area contributed by atoms with Gasteiger partial charge in [-0.25, -0.2) is 0 Å². The second-order valence-electron chi connectivity index (χ2n) is 17.4. The number of nitrogens with one attached hydrogen (secondary N) is 1. The smallest absolute Gasteiger partial charge is 0.268 e. The number of phosphoric acid groups is 1. The second kappa shape index (κ2) is 41.5. The number of unbranched alkanes of at least 4 members (excludes halogenated alkanes) is 22. The predicted octanol–water partition coefficient (Wildman–Crippen LogP) is 13.2. The SMILES string of the molecule is CCCCCC/C=C\C/C=C\CCCCCCCC(=O)NC(COP(=O)([O-])OCC[N+](C)(C)C)C(O)/C=C/CC/C=C/CC/C=C/CCCCCCCCCCCCC. The fourth-order valence-corrected chi connectivity index (χ4v) is 7.29. The summed E-state index contributed by atoms with van der Waals surface area (Å²) in [5.41, 5.74) is 0. The van der Waals surface area contributed by atoms with Gasteiger partial charge in [0.2, 0.25) is 5.91 Å². The highest BCUT2D eigenvalue weighted by atomic mass is 31.2. The van der Waals surface area contributed by atoms with Gasteiger partial charge in [-0.2, -0.15) is 0 Å². The summed E-state index contributed by atoms with van der Waals surface area (Å²) in [5, 5.41) is 13.8. The largest absolute Gasteiger partial charge is 0.756 e. The van der Waals surface area contributed by atoms with Crippen molar-refractivity contribution in [1.29, 1.82) is 0 Å². The summed E-state index contributed by atoms with van der Waals surface area (Å²) in [6, 6.07) is -0.918. The van der Waals surface area contributed by atoms with E-state index in [1.807, 2.05) is 27.2 Å². The van der Waals surface area contributed by atoms with Gasteiger partial charge in [0.15, 0.2) is 0 Å². The molecule has 0 aliphatic carbocycles. The minimum Gasteiger partial charge on any atom is -0.756 e. The first-order chi connectivity index (χ1) is 28.5. The lowest BCUT2D eigenvalue weighted by Crippen LogP contribution is -2.45. The highest BCUT2D eigenvalue weighted by Gasteiger charge is 2.23. The zero-order valence-electron chi connectivity index (χ0n) is 38.9. The van der Waals surface area contributed by atoms with Gasteiger partial charge in [0.05, 0.1) is 39.9 Å². The molecule has 1 amide bonds. The van der Waals surface area contributed by atoms with E-state index in [1.165, 1.54) is 109 Å². The van der Waals surface area contributed by atoms with Crippen molar-refractivity contribution in [3.63, 3.8) is 0 Å². The van der Waals surface area contributed by atoms with Gasteiger partial charge in [-0.1, -0.05) is 177 Å². The van der Waals surface area contributed by atoms with Crippen LogP contribution in [-0.2, 0) is 18.4 Å². The van der Waals surface area contributed by atoms with E-state index in [2.05, 4.69) is 67.8 Å². The normalized spacial score (nSPS) is 14.8. The number of aliphatic hydroxyl groups is 1. The number of carbonyl (C=O) groups excluding carboxylic acids is 1. The molecule has 0 aromatic heterocycles. The minimum absolute atomic E-state index is 0.0140. The Hall–Kier alpha value is -1.80. The first-order valence-electron chi connectivity index (χ1n) is 24.2. The third-order valence-electron chi connectivity index (χ3n) is 10.4. The van der Waals surface area contributed by atoms with E-state index in [4.69, 9.17) is 9.05 Å². The summed E-state index contributed by atoms with van der Waals surface area (Å²) in [4.78, 5) is 25.3. The molecule has 0 aliphatic heterocycles. The number of nitrogens with zero attached hydrogens (tertiary/aromatic N) is 1. The van der Waals surface area contributed by atoms with Crippen LogP contribution in [-0.4, -0.2) is 68.5 Å². The minimum atomic E-state index is -4.61. The van der Waals surface area contributed by atoms with E-state index < -0.39 is 26.6 Å². The van der Waals surface area contributed by atoms with Crippen LogP contribution < -0.4 is 10.2 Å². The fourth-order valence-electron chi connectivity index (χ4n) is 6.57. The molecule has 0 bridgehead atoms. The molecule has 0 heterocycles. The maximum absolute atomic E-state index is 12.9. The van der Waals surface area contributed by atoms with Gasteiger partial charge in [-0.3, -0.25) is 9.36 Å². The summed E-state index contributed by atoms with van der Waals surface area (Å²) in [5.74, 6) is -0.227. The molecule has 3 atom stereocenters. The molecule has 8 nitrogen and oxygen atoms in total. The predicted molar refractivity (Wildman–Crippen MR) is 251 cm³/mol. The van der Waals surface area contributed by atoms with E-state index in [0.29, 0.717) is 17.4 Å². The number of hydrogen-bond donors (Lipinski definition) is 2. The number of amides is 1. The molecule has 344 valence electrons.